The standard InChI is InChI=1S/C44H70NO10P/c1-3-5-7-9-11-13-15-17-18-19-20-21-22-24-26-28-30-32-34-36-43(47)55-40(38-53-56(50,51)54-39-41(45)44(48)49)37-52-42(46)35-33-31-29-27-25-23-16-14-12-10-8-6-4-2/h5,7-8,10-11,13-14,16-18,20-21,24,26,30,32,40-41H,3-4,6,9,12,15,19,22-23,25,27-29,31,33-39,45H2,1-2H3,(H,48,49)(H,50,51)/b7-5-,10-8-,13-11-,16-14-,18-17-,21-20-,26-24-,32-30-. The zero-order valence-electron chi connectivity index (χ0n) is 33.9. The summed E-state index contributed by atoms with van der Waals surface area (Å²) in [5.41, 5.74) is 5.32. The number of phosphoric ester groups is 1. The molecule has 11 nitrogen and oxygen atoms in total. The van der Waals surface area contributed by atoms with Crippen molar-refractivity contribution in [2.45, 2.75) is 142 Å². The maximum Gasteiger partial charge on any atom is 0.472 e. The largest absolute Gasteiger partial charge is 0.480 e. The summed E-state index contributed by atoms with van der Waals surface area (Å²) in [6.07, 6.45) is 47.8. The van der Waals surface area contributed by atoms with E-state index in [1.807, 2.05) is 18.2 Å². The van der Waals surface area contributed by atoms with E-state index in [9.17, 15) is 23.8 Å². The predicted octanol–water partition coefficient (Wildman–Crippen LogP) is 10.5. The molecule has 12 heteroatoms. The molecule has 316 valence electrons. The van der Waals surface area contributed by atoms with Crippen molar-refractivity contribution in [2.75, 3.05) is 19.8 Å². The Morgan fingerprint density at radius 3 is 1.57 bits per heavy atom. The van der Waals surface area contributed by atoms with E-state index in [-0.39, 0.29) is 19.4 Å². The maximum absolute atomic E-state index is 12.6. The summed E-state index contributed by atoms with van der Waals surface area (Å²) < 4.78 is 32.5. The molecular weight excluding hydrogens is 733 g/mol. The first-order valence-corrected chi connectivity index (χ1v) is 21.8. The molecule has 0 aliphatic rings. The van der Waals surface area contributed by atoms with Gasteiger partial charge in [-0.2, -0.15) is 0 Å². The summed E-state index contributed by atoms with van der Waals surface area (Å²) in [7, 11) is -4.74. The molecule has 0 bridgehead atoms. The van der Waals surface area contributed by atoms with E-state index >= 15 is 0 Å². The van der Waals surface area contributed by atoms with E-state index in [2.05, 4.69) is 97.4 Å². The van der Waals surface area contributed by atoms with Gasteiger partial charge in [0.2, 0.25) is 0 Å². The van der Waals surface area contributed by atoms with Gasteiger partial charge in [0.15, 0.2) is 6.10 Å². The Balaban J connectivity index is 4.58. The smallest absolute Gasteiger partial charge is 0.472 e. The highest BCUT2D eigenvalue weighted by Gasteiger charge is 2.28. The van der Waals surface area contributed by atoms with Crippen molar-refractivity contribution in [3.63, 3.8) is 0 Å². The minimum Gasteiger partial charge on any atom is -0.480 e. The molecule has 0 spiro atoms. The first-order valence-electron chi connectivity index (χ1n) is 20.3. The van der Waals surface area contributed by atoms with E-state index in [4.69, 9.17) is 24.8 Å². The predicted molar refractivity (Wildman–Crippen MR) is 226 cm³/mol. The van der Waals surface area contributed by atoms with E-state index in [0.717, 1.165) is 83.5 Å². The molecule has 0 aliphatic heterocycles. The van der Waals surface area contributed by atoms with Gasteiger partial charge in [-0.25, -0.2) is 4.57 Å². The zero-order chi connectivity index (χ0) is 41.4. The van der Waals surface area contributed by atoms with Gasteiger partial charge in [0, 0.05) is 12.8 Å². The van der Waals surface area contributed by atoms with Crippen LogP contribution in [-0.2, 0) is 37.5 Å². The van der Waals surface area contributed by atoms with Crippen LogP contribution in [0.4, 0.5) is 0 Å². The molecular formula is C44H70NO10P. The molecule has 0 rings (SSSR count). The van der Waals surface area contributed by atoms with Gasteiger partial charge in [-0.05, 0) is 77.0 Å². The topological polar surface area (TPSA) is 172 Å². The van der Waals surface area contributed by atoms with Crippen LogP contribution in [0.2, 0.25) is 0 Å². The molecule has 0 aromatic heterocycles. The first-order chi connectivity index (χ1) is 27.1. The van der Waals surface area contributed by atoms with E-state index in [1.165, 1.54) is 0 Å². The Morgan fingerprint density at radius 2 is 1.04 bits per heavy atom. The lowest BCUT2D eigenvalue weighted by atomic mass is 10.1. The number of carboxylic acid groups (broad SMARTS) is 1. The molecule has 3 atom stereocenters. The van der Waals surface area contributed by atoms with Crippen molar-refractivity contribution in [1.82, 2.24) is 0 Å². The fourth-order valence-corrected chi connectivity index (χ4v) is 5.43. The Morgan fingerprint density at radius 1 is 0.571 bits per heavy atom. The van der Waals surface area contributed by atoms with Crippen molar-refractivity contribution >= 4 is 25.7 Å². The third-order valence-corrected chi connectivity index (χ3v) is 8.76. The van der Waals surface area contributed by atoms with Crippen LogP contribution in [0, 0.1) is 0 Å². The third-order valence-electron chi connectivity index (χ3n) is 7.81. The lowest BCUT2D eigenvalue weighted by molar-refractivity contribution is -0.161. The van der Waals surface area contributed by atoms with Crippen molar-refractivity contribution in [1.29, 1.82) is 0 Å². The summed E-state index contributed by atoms with van der Waals surface area (Å²) in [6, 6.07) is -1.54. The number of allylic oxidation sites excluding steroid dienone is 16. The van der Waals surface area contributed by atoms with Gasteiger partial charge >= 0.3 is 25.7 Å². The van der Waals surface area contributed by atoms with Crippen LogP contribution in [0.3, 0.4) is 0 Å². The molecule has 0 saturated heterocycles. The number of carbonyl (C=O) groups is 3. The summed E-state index contributed by atoms with van der Waals surface area (Å²) >= 11 is 0. The molecule has 4 N–H and O–H groups in total. The number of esters is 2. The average Bonchev–Trinajstić information content (AvgIpc) is 3.17. The summed E-state index contributed by atoms with van der Waals surface area (Å²) in [5, 5.41) is 8.87. The highest BCUT2D eigenvalue weighted by molar-refractivity contribution is 7.47. The number of rotatable bonds is 36. The van der Waals surface area contributed by atoms with Crippen LogP contribution in [0.15, 0.2) is 97.2 Å². The van der Waals surface area contributed by atoms with Gasteiger partial charge in [-0.3, -0.25) is 23.4 Å². The van der Waals surface area contributed by atoms with Crippen LogP contribution in [0.1, 0.15) is 129 Å². The Kier molecular flexibility index (Phi) is 35.8. The van der Waals surface area contributed by atoms with Gasteiger partial charge in [0.05, 0.1) is 13.2 Å². The van der Waals surface area contributed by atoms with E-state index in [1.54, 1.807) is 0 Å². The maximum atomic E-state index is 12.6. The zero-order valence-corrected chi connectivity index (χ0v) is 34.8. The SMILES string of the molecule is CC/C=C\C/C=C\C/C=C\C/C=C\C/C=C\C/C=C\CCC(=O)OC(COC(=O)CCCCCCC/C=C\C/C=C\CCC)COP(=O)(O)OCC(N)C(=O)O. The van der Waals surface area contributed by atoms with Crippen LogP contribution < -0.4 is 5.73 Å². The highest BCUT2D eigenvalue weighted by Crippen LogP contribution is 2.43. The van der Waals surface area contributed by atoms with Crippen molar-refractivity contribution < 1.29 is 47.5 Å². The summed E-state index contributed by atoms with van der Waals surface area (Å²) in [6.45, 7) is 2.50. The number of phosphoric acid groups is 1. The second-order valence-electron chi connectivity index (χ2n) is 13.0. The molecule has 0 saturated carbocycles. The van der Waals surface area contributed by atoms with Gasteiger partial charge in [0.25, 0.3) is 0 Å². The van der Waals surface area contributed by atoms with Crippen molar-refractivity contribution in [2.24, 2.45) is 5.73 Å². The van der Waals surface area contributed by atoms with Gasteiger partial charge < -0.3 is 25.2 Å². The summed E-state index contributed by atoms with van der Waals surface area (Å²) in [5.74, 6) is -2.52. The molecule has 0 aliphatic carbocycles. The van der Waals surface area contributed by atoms with Gasteiger partial charge in [-0.15, -0.1) is 0 Å². The number of nitrogens with two attached hydrogens (primary N) is 1. The van der Waals surface area contributed by atoms with Crippen LogP contribution in [0.5, 0.6) is 0 Å². The van der Waals surface area contributed by atoms with E-state index < -0.39 is 51.1 Å². The summed E-state index contributed by atoms with van der Waals surface area (Å²) in [4.78, 5) is 45.8. The molecule has 0 radical (unpaired) electrons. The average molecular weight is 804 g/mol. The monoisotopic (exact) mass is 803 g/mol. The highest BCUT2D eigenvalue weighted by atomic mass is 31.2. The lowest BCUT2D eigenvalue weighted by Crippen LogP contribution is -2.34. The minimum atomic E-state index is -4.74. The number of hydrogen-bond acceptors (Lipinski definition) is 9. The van der Waals surface area contributed by atoms with E-state index in [0.29, 0.717) is 19.3 Å². The van der Waals surface area contributed by atoms with Crippen LogP contribution in [0.25, 0.3) is 0 Å². The number of carbonyl (C=O) groups excluding carboxylic acids is 2. The third kappa shape index (κ3) is 37.3. The Bertz CT molecular complexity index is 1310. The lowest BCUT2D eigenvalue weighted by Gasteiger charge is -2.20. The normalized spacial score (nSPS) is 14.8. The fraction of sp³-hybridized carbons (Fsp3) is 0.568. The van der Waals surface area contributed by atoms with Gasteiger partial charge in [-0.1, -0.05) is 137 Å². The van der Waals surface area contributed by atoms with Crippen molar-refractivity contribution in [3.8, 4) is 0 Å². The van der Waals surface area contributed by atoms with Gasteiger partial charge in [0.1, 0.15) is 12.6 Å². The second-order valence-corrected chi connectivity index (χ2v) is 14.5. The molecule has 56 heavy (non-hydrogen) atoms. The Labute approximate surface area is 336 Å². The van der Waals surface area contributed by atoms with Crippen LogP contribution >= 0.6 is 7.82 Å². The number of aliphatic carboxylic acids is 1. The first kappa shape index (κ1) is 52.4. The fourth-order valence-electron chi connectivity index (χ4n) is 4.66. The second kappa shape index (κ2) is 38.3. The van der Waals surface area contributed by atoms with Crippen LogP contribution in [-0.4, -0.2) is 59.9 Å². The number of unbranched alkanes of at least 4 members (excludes halogenated alkanes) is 6. The number of ether oxygens (including phenoxy) is 2. The number of hydrogen-bond donors (Lipinski definition) is 3. The minimum absolute atomic E-state index is 0.0269. The molecule has 0 aromatic carbocycles. The molecule has 0 heterocycles. The number of carboxylic acids is 1. The quantitative estimate of drug-likeness (QED) is 0.0238. The van der Waals surface area contributed by atoms with Crippen molar-refractivity contribution in [3.05, 3.63) is 97.2 Å². The molecule has 0 fully saturated rings. The molecule has 0 amide bonds. The molecule has 0 aromatic rings. The molecule has 3 unspecified atom stereocenters. The Hall–Kier alpha value is -3.60.